The number of aryl methyl sites for hydroxylation is 2. The molecule has 1 aromatic heterocycles. The van der Waals surface area contributed by atoms with Crippen LogP contribution in [-0.2, 0) is 4.74 Å². The number of thiocarbonyl (C=S) groups is 1. The lowest BCUT2D eigenvalue weighted by atomic mass is 10.2. The maximum absolute atomic E-state index is 5.35. The highest BCUT2D eigenvalue weighted by Crippen LogP contribution is 2.20. The summed E-state index contributed by atoms with van der Waals surface area (Å²) in [6.45, 7) is 11.6. The molecule has 1 aliphatic rings. The van der Waals surface area contributed by atoms with Gasteiger partial charge >= 0.3 is 0 Å². The van der Waals surface area contributed by atoms with E-state index in [1.165, 1.54) is 11.3 Å². The minimum absolute atomic E-state index is 0.539. The number of nitrogens with zero attached hydrogens (tertiary/aromatic N) is 3. The number of hydrazone groups is 1. The van der Waals surface area contributed by atoms with E-state index in [1.54, 1.807) is 0 Å². The van der Waals surface area contributed by atoms with E-state index in [4.69, 9.17) is 17.0 Å². The fraction of sp³-hybridized carbons (Fsp3) is 0.429. The van der Waals surface area contributed by atoms with E-state index in [2.05, 4.69) is 76.4 Å². The van der Waals surface area contributed by atoms with Crippen molar-refractivity contribution in [3.8, 4) is 5.69 Å². The molecule has 1 fully saturated rings. The summed E-state index contributed by atoms with van der Waals surface area (Å²) < 4.78 is 7.59. The molecule has 0 saturated carbocycles. The molecule has 0 spiro atoms. The smallest absolute Gasteiger partial charge is 0.187 e. The summed E-state index contributed by atoms with van der Waals surface area (Å²) >= 11 is 5.30. The van der Waals surface area contributed by atoms with E-state index in [1.807, 2.05) is 6.21 Å². The first-order valence-corrected chi connectivity index (χ1v) is 10.1. The molecule has 0 radical (unpaired) electrons. The second-order valence-electron chi connectivity index (χ2n) is 7.08. The van der Waals surface area contributed by atoms with E-state index < -0.39 is 0 Å². The zero-order chi connectivity index (χ0) is 19.9. The third kappa shape index (κ3) is 5.41. The number of hydrogen-bond donors (Lipinski definition) is 2. The first kappa shape index (κ1) is 20.5. The van der Waals surface area contributed by atoms with Crippen molar-refractivity contribution in [3.05, 3.63) is 52.8 Å². The Bertz CT molecular complexity index is 822. The van der Waals surface area contributed by atoms with Gasteiger partial charge in [-0.25, -0.2) is 0 Å². The molecule has 0 aliphatic carbocycles. The summed E-state index contributed by atoms with van der Waals surface area (Å²) in [5, 5.41) is 8.04. The lowest BCUT2D eigenvalue weighted by Gasteiger charge is -2.26. The average molecular weight is 400 g/mol. The Hall–Kier alpha value is -2.22. The van der Waals surface area contributed by atoms with Gasteiger partial charge in [-0.2, -0.15) is 5.10 Å². The molecule has 0 bridgehead atoms. The van der Waals surface area contributed by atoms with Crippen molar-refractivity contribution in [2.75, 3.05) is 39.4 Å². The maximum Gasteiger partial charge on any atom is 0.187 e. The quantitative estimate of drug-likeness (QED) is 0.444. The molecular formula is C21H29N5OS. The Morgan fingerprint density at radius 2 is 1.89 bits per heavy atom. The topological polar surface area (TPSA) is 53.8 Å². The highest BCUT2D eigenvalue weighted by molar-refractivity contribution is 7.80. The van der Waals surface area contributed by atoms with Crippen LogP contribution in [0.1, 0.15) is 22.5 Å². The lowest BCUT2D eigenvalue weighted by Crippen LogP contribution is -2.42. The van der Waals surface area contributed by atoms with Gasteiger partial charge in [0.2, 0.25) is 0 Å². The molecule has 0 amide bonds. The minimum Gasteiger partial charge on any atom is -0.379 e. The Labute approximate surface area is 172 Å². The molecule has 0 atom stereocenters. The lowest BCUT2D eigenvalue weighted by molar-refractivity contribution is 0.0389. The fourth-order valence-electron chi connectivity index (χ4n) is 3.36. The van der Waals surface area contributed by atoms with Gasteiger partial charge in [0.05, 0.1) is 19.4 Å². The number of rotatable bonds is 6. The van der Waals surface area contributed by atoms with Crippen molar-refractivity contribution in [2.45, 2.75) is 20.8 Å². The number of nitrogens with one attached hydrogen (secondary N) is 2. The summed E-state index contributed by atoms with van der Waals surface area (Å²) in [7, 11) is 0. The van der Waals surface area contributed by atoms with Crippen LogP contribution in [0.25, 0.3) is 5.69 Å². The SMILES string of the molecule is Cc1ccc(-n2c(C)cc(/C=N/NC(=S)NCCN3CCOCC3)c2C)cc1. The van der Waals surface area contributed by atoms with Crippen molar-refractivity contribution in [1.29, 1.82) is 0 Å². The van der Waals surface area contributed by atoms with Gasteiger partial charge in [-0.1, -0.05) is 17.7 Å². The van der Waals surface area contributed by atoms with Crippen LogP contribution in [0.3, 0.4) is 0 Å². The van der Waals surface area contributed by atoms with Crippen LogP contribution in [0.4, 0.5) is 0 Å². The van der Waals surface area contributed by atoms with Crippen LogP contribution in [-0.4, -0.2) is 60.2 Å². The zero-order valence-electron chi connectivity index (χ0n) is 16.9. The summed E-state index contributed by atoms with van der Waals surface area (Å²) in [5.41, 5.74) is 8.72. The molecule has 1 saturated heterocycles. The Morgan fingerprint density at radius 3 is 2.61 bits per heavy atom. The van der Waals surface area contributed by atoms with Gasteiger partial charge in [0.1, 0.15) is 0 Å². The van der Waals surface area contributed by atoms with Crippen LogP contribution in [0.5, 0.6) is 0 Å². The Kier molecular flexibility index (Phi) is 7.19. The summed E-state index contributed by atoms with van der Waals surface area (Å²) in [6, 6.07) is 10.7. The standard InChI is InChI=1S/C21H29N5OS/c1-16-4-6-20(7-5-16)26-17(2)14-19(18(26)3)15-23-24-21(28)22-8-9-25-10-12-27-13-11-25/h4-7,14-15H,8-13H2,1-3H3,(H2,22,24,28)/b23-15+. The molecule has 150 valence electrons. The normalized spacial score (nSPS) is 15.1. The van der Waals surface area contributed by atoms with Gasteiger partial charge in [-0.15, -0.1) is 0 Å². The predicted molar refractivity (Wildman–Crippen MR) is 119 cm³/mol. The first-order chi connectivity index (χ1) is 13.5. The molecule has 7 heteroatoms. The third-order valence-corrected chi connectivity index (χ3v) is 5.19. The molecule has 0 unspecified atom stereocenters. The number of hydrogen-bond acceptors (Lipinski definition) is 4. The van der Waals surface area contributed by atoms with E-state index in [0.29, 0.717) is 5.11 Å². The molecular weight excluding hydrogens is 370 g/mol. The van der Waals surface area contributed by atoms with E-state index in [9.17, 15) is 0 Å². The van der Waals surface area contributed by atoms with Crippen LogP contribution in [0.15, 0.2) is 35.4 Å². The van der Waals surface area contributed by atoms with Crippen LogP contribution in [0.2, 0.25) is 0 Å². The Morgan fingerprint density at radius 1 is 1.18 bits per heavy atom. The van der Waals surface area contributed by atoms with Crippen molar-refractivity contribution < 1.29 is 4.74 Å². The molecule has 2 heterocycles. The van der Waals surface area contributed by atoms with E-state index in [0.717, 1.165) is 56.3 Å². The first-order valence-electron chi connectivity index (χ1n) is 9.67. The second kappa shape index (κ2) is 9.82. The van der Waals surface area contributed by atoms with Crippen molar-refractivity contribution in [1.82, 2.24) is 20.2 Å². The minimum atomic E-state index is 0.539. The highest BCUT2D eigenvalue weighted by atomic mass is 32.1. The second-order valence-corrected chi connectivity index (χ2v) is 7.49. The van der Waals surface area contributed by atoms with Gasteiger partial charge < -0.3 is 14.6 Å². The molecule has 6 nitrogen and oxygen atoms in total. The van der Waals surface area contributed by atoms with Crippen molar-refractivity contribution in [3.63, 3.8) is 0 Å². The van der Waals surface area contributed by atoms with Crippen molar-refractivity contribution >= 4 is 23.5 Å². The van der Waals surface area contributed by atoms with Gasteiger partial charge in [0.15, 0.2) is 5.11 Å². The third-order valence-electron chi connectivity index (χ3n) is 4.95. The number of aromatic nitrogens is 1. The van der Waals surface area contributed by atoms with E-state index in [-0.39, 0.29) is 0 Å². The zero-order valence-corrected chi connectivity index (χ0v) is 17.7. The fourth-order valence-corrected chi connectivity index (χ4v) is 3.52. The van der Waals surface area contributed by atoms with E-state index >= 15 is 0 Å². The molecule has 3 rings (SSSR count). The molecule has 2 N–H and O–H groups in total. The number of ether oxygens (including phenoxy) is 1. The Balaban J connectivity index is 1.52. The molecule has 1 aromatic carbocycles. The van der Waals surface area contributed by atoms with Crippen molar-refractivity contribution in [2.24, 2.45) is 5.10 Å². The highest BCUT2D eigenvalue weighted by Gasteiger charge is 2.10. The van der Waals surface area contributed by atoms with Gasteiger partial charge in [-0.3, -0.25) is 10.3 Å². The summed E-state index contributed by atoms with van der Waals surface area (Å²) in [5.74, 6) is 0. The van der Waals surface area contributed by atoms with Gasteiger partial charge in [-0.05, 0) is 51.2 Å². The monoisotopic (exact) mass is 399 g/mol. The van der Waals surface area contributed by atoms with Gasteiger partial charge in [0, 0.05) is 48.8 Å². The average Bonchev–Trinajstić information content (AvgIpc) is 2.97. The molecule has 1 aliphatic heterocycles. The predicted octanol–water partition coefficient (Wildman–Crippen LogP) is 2.53. The van der Waals surface area contributed by atoms with Crippen LogP contribution >= 0.6 is 12.2 Å². The molecule has 2 aromatic rings. The molecule has 28 heavy (non-hydrogen) atoms. The maximum atomic E-state index is 5.35. The van der Waals surface area contributed by atoms with Crippen LogP contribution in [0, 0.1) is 20.8 Å². The summed E-state index contributed by atoms with van der Waals surface area (Å²) in [4.78, 5) is 2.36. The largest absolute Gasteiger partial charge is 0.379 e. The summed E-state index contributed by atoms with van der Waals surface area (Å²) in [6.07, 6.45) is 1.82. The number of morpholine rings is 1. The number of benzene rings is 1. The van der Waals surface area contributed by atoms with Crippen LogP contribution < -0.4 is 10.7 Å². The van der Waals surface area contributed by atoms with Gasteiger partial charge in [0.25, 0.3) is 0 Å².